The van der Waals surface area contributed by atoms with Gasteiger partial charge in [-0.15, -0.1) is 8.86 Å². The van der Waals surface area contributed by atoms with Crippen molar-refractivity contribution in [1.82, 2.24) is 0 Å². The van der Waals surface area contributed by atoms with Crippen LogP contribution in [0.4, 0.5) is 0 Å². The highest BCUT2D eigenvalue weighted by atomic mass is 31.0. The van der Waals surface area contributed by atoms with Crippen LogP contribution in [-0.2, 0) is 0 Å². The molecule has 0 heterocycles. The molecule has 0 aliphatic carbocycles. The highest BCUT2D eigenvalue weighted by molar-refractivity contribution is 7.21. The van der Waals surface area contributed by atoms with Crippen molar-refractivity contribution in [1.29, 1.82) is 5.41 Å². The summed E-state index contributed by atoms with van der Waals surface area (Å²) < 4.78 is 0. The molecule has 0 rings (SSSR count). The Balaban J connectivity index is 2.73. The quantitative estimate of drug-likeness (QED) is 0.347. The van der Waals surface area contributed by atoms with E-state index in [0.717, 1.165) is 6.21 Å². The maximum atomic E-state index is 6.22. The van der Waals surface area contributed by atoms with E-state index in [0.29, 0.717) is 0 Å². The van der Waals surface area contributed by atoms with E-state index in [2.05, 4.69) is 8.86 Å². The second kappa shape index (κ2) is 2.84. The van der Waals surface area contributed by atoms with Gasteiger partial charge in [-0.25, -0.2) is 0 Å². The van der Waals surface area contributed by atoms with Crippen LogP contribution in [0.5, 0.6) is 0 Å². The third-order valence-corrected chi connectivity index (χ3v) is 0.250. The van der Waals surface area contributed by atoms with Crippen LogP contribution in [0.25, 0.3) is 0 Å². The van der Waals surface area contributed by atoms with Gasteiger partial charge in [0.25, 0.3) is 0 Å². The Hall–Kier alpha value is -0.160. The highest BCUT2D eigenvalue weighted by Gasteiger charge is 1.33. The molecule has 0 aromatic carbocycles. The van der Waals surface area contributed by atoms with Gasteiger partial charge in [0.05, 0.1) is 0 Å². The lowest BCUT2D eigenvalue weighted by Crippen LogP contribution is -1.54. The van der Waals surface area contributed by atoms with Crippen LogP contribution in [0.15, 0.2) is 0 Å². The van der Waals surface area contributed by atoms with Gasteiger partial charge in [0.1, 0.15) is 0 Å². The van der Waals surface area contributed by atoms with E-state index < -0.39 is 0 Å². The van der Waals surface area contributed by atoms with E-state index in [1.165, 1.54) is 5.80 Å². The Kier molecular flexibility index (Phi) is 2.73. The van der Waals surface area contributed by atoms with Gasteiger partial charge in [-0.05, 0) is 5.80 Å². The van der Waals surface area contributed by atoms with E-state index in [1.807, 2.05) is 0 Å². The molecule has 0 aromatic heterocycles. The van der Waals surface area contributed by atoms with Crippen molar-refractivity contribution >= 4 is 20.9 Å². The molecule has 0 aliphatic heterocycles. The first-order valence-corrected chi connectivity index (χ1v) is 1.49. The molecule has 4 heavy (non-hydrogen) atoms. The van der Waals surface area contributed by atoms with Gasteiger partial charge in [-0.2, -0.15) is 0 Å². The van der Waals surface area contributed by atoms with Crippen LogP contribution in [0.2, 0.25) is 0 Å². The number of rotatable bonds is 1. The number of hydrogen-bond donors (Lipinski definition) is 1. The molecule has 0 bridgehead atoms. The first kappa shape index (κ1) is 3.84. The van der Waals surface area contributed by atoms with Crippen molar-refractivity contribution in [2.24, 2.45) is 0 Å². The van der Waals surface area contributed by atoms with Crippen LogP contribution in [-0.4, -0.2) is 12.0 Å². The molecule has 0 aliphatic rings. The maximum absolute atomic E-state index is 6.22. The lowest BCUT2D eigenvalue weighted by Gasteiger charge is -1.42. The molecule has 0 fully saturated rings. The molecule has 0 saturated heterocycles. The van der Waals surface area contributed by atoms with Gasteiger partial charge >= 0.3 is 0 Å². The summed E-state index contributed by atoms with van der Waals surface area (Å²) >= 11 is 0. The molecule has 0 aromatic rings. The Bertz CT molecular complexity index is 27.0. The lowest BCUT2D eigenvalue weighted by molar-refractivity contribution is 1.60. The van der Waals surface area contributed by atoms with Crippen LogP contribution >= 0.6 is 8.86 Å². The fourth-order valence-corrected chi connectivity index (χ4v) is 0. The zero-order chi connectivity index (χ0) is 3.41. The molecule has 0 amide bonds. The van der Waals surface area contributed by atoms with Crippen molar-refractivity contribution in [3.63, 3.8) is 0 Å². The van der Waals surface area contributed by atoms with E-state index in [9.17, 15) is 0 Å². The highest BCUT2D eigenvalue weighted by Crippen LogP contribution is 1.41. The smallest absolute Gasteiger partial charge is 0.0217 e. The molecule has 0 radical (unpaired) electrons. The van der Waals surface area contributed by atoms with Gasteiger partial charge in [0.15, 0.2) is 0 Å². The average Bonchev–Trinajstić information content (AvgIpc) is 1.37. The van der Waals surface area contributed by atoms with E-state index in [1.54, 1.807) is 0 Å². The summed E-state index contributed by atoms with van der Waals surface area (Å²) in [6.45, 7) is 0. The van der Waals surface area contributed by atoms with Crippen LogP contribution in [0, 0.1) is 5.41 Å². The SMILES string of the molecule is N=CC=P. The molecule has 2 heteroatoms. The summed E-state index contributed by atoms with van der Waals surface area (Å²) in [6, 6.07) is 0. The topological polar surface area (TPSA) is 23.9 Å². The molecular weight excluding hydrogens is 69.0 g/mol. The Morgan fingerprint density at radius 3 is 2.00 bits per heavy atom. The Morgan fingerprint density at radius 1 is 1.75 bits per heavy atom. The predicted octanol–water partition coefficient (Wildman–Crippen LogP) is 0.581. The molecule has 1 N–H and O–H groups in total. The van der Waals surface area contributed by atoms with Gasteiger partial charge in [-0.3, -0.25) is 0 Å². The predicted molar refractivity (Wildman–Crippen MR) is 23.2 cm³/mol. The largest absolute Gasteiger partial charge is 0.308 e. The molecule has 22 valence electrons. The van der Waals surface area contributed by atoms with E-state index in [-0.39, 0.29) is 0 Å². The summed E-state index contributed by atoms with van der Waals surface area (Å²) in [6.07, 6.45) is 1.16. The Morgan fingerprint density at radius 2 is 2.00 bits per heavy atom. The normalized spacial score (nSPS) is 5.00. The van der Waals surface area contributed by atoms with Gasteiger partial charge in [0, 0.05) is 6.21 Å². The zero-order valence-electron chi connectivity index (χ0n) is 2.15. The third-order valence-electron chi connectivity index (χ3n) is 0.0833. The summed E-state index contributed by atoms with van der Waals surface area (Å²) in [5.74, 6) is 1.47. The fourth-order valence-electron chi connectivity index (χ4n) is 0. The zero-order valence-corrected chi connectivity index (χ0v) is 3.15. The van der Waals surface area contributed by atoms with Crippen LogP contribution < -0.4 is 0 Å². The summed E-state index contributed by atoms with van der Waals surface area (Å²) in [5, 5.41) is 6.22. The van der Waals surface area contributed by atoms with E-state index in [4.69, 9.17) is 5.41 Å². The summed E-state index contributed by atoms with van der Waals surface area (Å²) in [7, 11) is 2.92. The lowest BCUT2D eigenvalue weighted by atomic mass is 10.9. The third kappa shape index (κ3) is 1.84. The molecule has 0 atom stereocenters. The first-order valence-electron chi connectivity index (χ1n) is 0.911. The molecule has 0 unspecified atom stereocenters. The van der Waals surface area contributed by atoms with E-state index >= 15 is 0 Å². The van der Waals surface area contributed by atoms with Gasteiger partial charge < -0.3 is 5.41 Å². The van der Waals surface area contributed by atoms with Crippen molar-refractivity contribution < 1.29 is 0 Å². The maximum Gasteiger partial charge on any atom is 0.0217 e. The van der Waals surface area contributed by atoms with Crippen molar-refractivity contribution in [2.45, 2.75) is 0 Å². The van der Waals surface area contributed by atoms with Gasteiger partial charge in [0.2, 0.25) is 0 Å². The molecular formula is C2H4NP. The second-order valence-corrected chi connectivity index (χ2v) is 0.667. The summed E-state index contributed by atoms with van der Waals surface area (Å²) in [4.78, 5) is 0. The minimum atomic E-state index is 1.16. The summed E-state index contributed by atoms with van der Waals surface area (Å²) in [5.41, 5.74) is 0. The van der Waals surface area contributed by atoms with Crippen LogP contribution in [0.1, 0.15) is 0 Å². The molecule has 0 spiro atoms. The molecule has 1 nitrogen and oxygen atoms in total. The number of nitrogens with one attached hydrogen (secondary N) is 1. The average molecular weight is 73.0 g/mol. The standard InChI is InChI=1S/C2H4NP/c3-1-2-4/h1-4H. The monoisotopic (exact) mass is 73.0 g/mol. The number of hydrogen-bond acceptors (Lipinski definition) is 1. The van der Waals surface area contributed by atoms with Gasteiger partial charge in [-0.1, -0.05) is 0 Å². The second-order valence-electron chi connectivity index (χ2n) is 0.333. The fraction of sp³-hybridized carbons (Fsp3) is 0. The minimum absolute atomic E-state index is 1.16. The van der Waals surface area contributed by atoms with Crippen LogP contribution in [0.3, 0.4) is 0 Å². The van der Waals surface area contributed by atoms with Crippen molar-refractivity contribution in [3.8, 4) is 0 Å². The Labute approximate surface area is 27.4 Å². The molecule has 0 saturated carbocycles. The first-order chi connectivity index (χ1) is 1.91. The van der Waals surface area contributed by atoms with Crippen molar-refractivity contribution in [2.75, 3.05) is 0 Å². The minimum Gasteiger partial charge on any atom is -0.308 e. The van der Waals surface area contributed by atoms with Crippen molar-refractivity contribution in [3.05, 3.63) is 0 Å².